The van der Waals surface area contributed by atoms with Gasteiger partial charge in [-0.15, -0.1) is 0 Å². The van der Waals surface area contributed by atoms with Gasteiger partial charge < -0.3 is 10.2 Å². The average Bonchev–Trinajstić information content (AvgIpc) is 2.57. The van der Waals surface area contributed by atoms with E-state index in [-0.39, 0.29) is 17.2 Å². The molecule has 1 N–H and O–H groups in total. The summed E-state index contributed by atoms with van der Waals surface area (Å²) in [7, 11) is 0.508. The van der Waals surface area contributed by atoms with Gasteiger partial charge in [-0.25, -0.2) is 8.42 Å². The molecule has 0 unspecified atom stereocenters. The van der Waals surface area contributed by atoms with Gasteiger partial charge in [-0.05, 0) is 64.3 Å². The molecular formula is C22H37N3O3S. The van der Waals surface area contributed by atoms with Gasteiger partial charge in [0.25, 0.3) is 0 Å². The Balaban J connectivity index is 1.99. The van der Waals surface area contributed by atoms with Gasteiger partial charge in [-0.3, -0.25) is 4.79 Å². The van der Waals surface area contributed by atoms with E-state index in [0.29, 0.717) is 37.4 Å². The molecular weight excluding hydrogens is 386 g/mol. The normalized spacial score (nSPS) is 17.0. The van der Waals surface area contributed by atoms with Crippen LogP contribution in [-0.2, 0) is 14.8 Å². The first-order chi connectivity index (χ1) is 13.3. The first-order valence-electron chi connectivity index (χ1n) is 10.3. The molecule has 0 radical (unpaired) electrons. The van der Waals surface area contributed by atoms with E-state index in [9.17, 15) is 13.2 Å². The van der Waals surface area contributed by atoms with E-state index >= 15 is 0 Å². The number of benzene rings is 1. The molecule has 29 heavy (non-hydrogen) atoms. The van der Waals surface area contributed by atoms with Crippen molar-refractivity contribution in [1.29, 1.82) is 0 Å². The highest BCUT2D eigenvalue weighted by atomic mass is 32.2. The minimum Gasteiger partial charge on any atom is -0.355 e. The Kier molecular flexibility index (Phi) is 7.52. The van der Waals surface area contributed by atoms with Crippen LogP contribution in [0.5, 0.6) is 0 Å². The van der Waals surface area contributed by atoms with E-state index < -0.39 is 10.0 Å². The summed E-state index contributed by atoms with van der Waals surface area (Å²) in [5.74, 6) is -0.0895. The smallest absolute Gasteiger partial charge is 0.243 e. The van der Waals surface area contributed by atoms with Crippen molar-refractivity contribution >= 4 is 15.9 Å². The van der Waals surface area contributed by atoms with Crippen molar-refractivity contribution in [3.05, 3.63) is 28.8 Å². The predicted octanol–water partition coefficient (Wildman–Crippen LogP) is 2.72. The predicted molar refractivity (Wildman–Crippen MR) is 117 cm³/mol. The number of nitrogens with one attached hydrogen (secondary N) is 1. The van der Waals surface area contributed by atoms with E-state index in [2.05, 4.69) is 24.1 Å². The third kappa shape index (κ3) is 6.03. The second-order valence-corrected chi connectivity index (χ2v) is 11.4. The minimum absolute atomic E-state index is 0.0102. The second-order valence-electron chi connectivity index (χ2n) is 9.53. The monoisotopic (exact) mass is 423 g/mol. The van der Waals surface area contributed by atoms with Crippen LogP contribution in [0.2, 0.25) is 0 Å². The third-order valence-electron chi connectivity index (χ3n) is 5.51. The molecule has 1 aliphatic rings. The first-order valence-corrected chi connectivity index (χ1v) is 11.8. The molecule has 1 fully saturated rings. The molecule has 0 atom stereocenters. The number of hydrogen-bond acceptors (Lipinski definition) is 4. The summed E-state index contributed by atoms with van der Waals surface area (Å²) in [4.78, 5) is 15.1. The zero-order valence-corrected chi connectivity index (χ0v) is 19.8. The number of piperidine rings is 1. The van der Waals surface area contributed by atoms with Crippen LogP contribution in [0.3, 0.4) is 0 Å². The van der Waals surface area contributed by atoms with Crippen molar-refractivity contribution in [2.45, 2.75) is 52.4 Å². The van der Waals surface area contributed by atoms with Gasteiger partial charge in [-0.2, -0.15) is 4.31 Å². The number of carbonyl (C=O) groups is 1. The second kappa shape index (κ2) is 9.14. The molecule has 0 bridgehead atoms. The Hall–Kier alpha value is -1.44. The molecule has 0 saturated carbocycles. The summed E-state index contributed by atoms with van der Waals surface area (Å²) in [6.45, 7) is 12.2. The van der Waals surface area contributed by atoms with E-state index in [1.54, 1.807) is 0 Å². The summed E-state index contributed by atoms with van der Waals surface area (Å²) in [6.07, 6.45) is 1.12. The molecule has 1 amide bonds. The van der Waals surface area contributed by atoms with Crippen molar-refractivity contribution in [3.63, 3.8) is 0 Å². The van der Waals surface area contributed by atoms with Gasteiger partial charge in [-0.1, -0.05) is 31.5 Å². The Morgan fingerprint density at radius 2 is 1.66 bits per heavy atom. The fourth-order valence-electron chi connectivity index (χ4n) is 4.44. The number of aryl methyl sites for hydroxylation is 3. The van der Waals surface area contributed by atoms with E-state index in [4.69, 9.17) is 0 Å². The summed E-state index contributed by atoms with van der Waals surface area (Å²) in [5, 5.41) is 3.07. The molecule has 1 saturated heterocycles. The Labute approximate surface area is 176 Å². The van der Waals surface area contributed by atoms with Crippen molar-refractivity contribution in [2.75, 3.05) is 40.3 Å². The number of sulfonamides is 1. The molecule has 0 spiro atoms. The maximum Gasteiger partial charge on any atom is 0.243 e. The molecule has 0 aromatic heterocycles. The quantitative estimate of drug-likeness (QED) is 0.732. The Bertz CT molecular complexity index is 816. The van der Waals surface area contributed by atoms with Gasteiger partial charge in [0.05, 0.1) is 4.90 Å². The highest BCUT2D eigenvalue weighted by Crippen LogP contribution is 2.29. The molecule has 7 heteroatoms. The lowest BCUT2D eigenvalue weighted by Gasteiger charge is -2.33. The largest absolute Gasteiger partial charge is 0.355 e. The van der Waals surface area contributed by atoms with Crippen LogP contribution < -0.4 is 5.32 Å². The van der Waals surface area contributed by atoms with Crippen molar-refractivity contribution in [2.24, 2.45) is 11.3 Å². The summed E-state index contributed by atoms with van der Waals surface area (Å²) < 4.78 is 27.9. The van der Waals surface area contributed by atoms with Gasteiger partial charge >= 0.3 is 0 Å². The lowest BCUT2D eigenvalue weighted by atomic mass is 9.91. The SMILES string of the molecule is Cc1cc(C)c(S(=O)(=O)N2CCC(C(=O)NCC(C)(C)CN(C)C)CC2)c(C)c1. The molecule has 1 aromatic carbocycles. The van der Waals surface area contributed by atoms with Crippen molar-refractivity contribution in [1.82, 2.24) is 14.5 Å². The van der Waals surface area contributed by atoms with Gasteiger partial charge in [0.1, 0.15) is 0 Å². The van der Waals surface area contributed by atoms with Gasteiger partial charge in [0.15, 0.2) is 0 Å². The topological polar surface area (TPSA) is 69.7 Å². The average molecular weight is 424 g/mol. The highest BCUT2D eigenvalue weighted by molar-refractivity contribution is 7.89. The van der Waals surface area contributed by atoms with Gasteiger partial charge in [0.2, 0.25) is 15.9 Å². The van der Waals surface area contributed by atoms with Crippen LogP contribution in [0.25, 0.3) is 0 Å². The van der Waals surface area contributed by atoms with Crippen LogP contribution in [0.1, 0.15) is 43.4 Å². The van der Waals surface area contributed by atoms with Gasteiger partial charge in [0, 0.05) is 32.1 Å². The molecule has 1 heterocycles. The number of hydrogen-bond donors (Lipinski definition) is 1. The zero-order chi connectivity index (χ0) is 22.0. The fourth-order valence-corrected chi connectivity index (χ4v) is 6.33. The molecule has 164 valence electrons. The Morgan fingerprint density at radius 1 is 1.14 bits per heavy atom. The van der Waals surface area contributed by atoms with Crippen LogP contribution in [-0.4, -0.2) is 63.8 Å². The number of nitrogens with zero attached hydrogens (tertiary/aromatic N) is 2. The van der Waals surface area contributed by atoms with E-state index in [0.717, 1.165) is 23.2 Å². The Morgan fingerprint density at radius 3 is 2.14 bits per heavy atom. The van der Waals surface area contributed by atoms with E-state index in [1.165, 1.54) is 4.31 Å². The molecule has 0 aliphatic carbocycles. The standard InChI is InChI=1S/C22H37N3O3S/c1-16-12-17(2)20(18(3)13-16)29(27,28)25-10-8-19(9-11-25)21(26)23-14-22(4,5)15-24(6)7/h12-13,19H,8-11,14-15H2,1-7H3,(H,23,26). The molecule has 1 aliphatic heterocycles. The maximum absolute atomic E-state index is 13.2. The molecule has 2 rings (SSSR count). The number of rotatable bonds is 7. The highest BCUT2D eigenvalue weighted by Gasteiger charge is 2.34. The molecule has 1 aromatic rings. The van der Waals surface area contributed by atoms with E-state index in [1.807, 2.05) is 47.0 Å². The number of amides is 1. The lowest BCUT2D eigenvalue weighted by molar-refractivity contribution is -0.126. The summed E-state index contributed by atoms with van der Waals surface area (Å²) in [6, 6.07) is 3.82. The lowest BCUT2D eigenvalue weighted by Crippen LogP contribution is -2.46. The fraction of sp³-hybridized carbons (Fsp3) is 0.682. The van der Waals surface area contributed by atoms with Crippen LogP contribution in [0.4, 0.5) is 0 Å². The van der Waals surface area contributed by atoms with Crippen molar-refractivity contribution < 1.29 is 13.2 Å². The van der Waals surface area contributed by atoms with Crippen molar-refractivity contribution in [3.8, 4) is 0 Å². The van der Waals surface area contributed by atoms with Crippen LogP contribution >= 0.6 is 0 Å². The summed E-state index contributed by atoms with van der Waals surface area (Å²) >= 11 is 0. The maximum atomic E-state index is 13.2. The number of carbonyl (C=O) groups excluding carboxylic acids is 1. The zero-order valence-electron chi connectivity index (χ0n) is 19.0. The summed E-state index contributed by atoms with van der Waals surface area (Å²) in [5.41, 5.74) is 2.62. The molecule has 6 nitrogen and oxygen atoms in total. The first kappa shape index (κ1) is 23.8. The van der Waals surface area contributed by atoms with Crippen LogP contribution in [0, 0.1) is 32.1 Å². The van der Waals surface area contributed by atoms with Crippen LogP contribution in [0.15, 0.2) is 17.0 Å². The minimum atomic E-state index is -3.54. The third-order valence-corrected chi connectivity index (χ3v) is 7.72.